The summed E-state index contributed by atoms with van der Waals surface area (Å²) in [5, 5.41) is 10.4. The van der Waals surface area contributed by atoms with Crippen LogP contribution in [-0.4, -0.2) is 18.6 Å². The topological polar surface area (TPSA) is 120 Å². The van der Waals surface area contributed by atoms with E-state index in [4.69, 9.17) is 5.26 Å². The molecule has 7 nitrogen and oxygen atoms in total. The first-order valence-corrected chi connectivity index (χ1v) is 3.13. The summed E-state index contributed by atoms with van der Waals surface area (Å²) < 4.78 is 0. The van der Waals surface area contributed by atoms with E-state index in [0.717, 1.165) is 0 Å². The number of carbonyl (C=O) groups excluding carboxylic acids is 2. The molecule has 4 amide bonds. The minimum Gasteiger partial charge on any atom is -0.350 e. The van der Waals surface area contributed by atoms with Crippen molar-refractivity contribution in [1.29, 1.82) is 5.26 Å². The molecule has 0 saturated carbocycles. The van der Waals surface area contributed by atoms with Crippen molar-refractivity contribution < 1.29 is 9.59 Å². The first-order chi connectivity index (χ1) is 5.66. The first-order valence-electron chi connectivity index (χ1n) is 3.13. The summed E-state index contributed by atoms with van der Waals surface area (Å²) in [6.07, 6.45) is 0.212. The molecular formula is C5H9N5O2. The molecule has 0 atom stereocenters. The van der Waals surface area contributed by atoms with Crippen LogP contribution in [-0.2, 0) is 0 Å². The minimum atomic E-state index is -0.856. The van der Waals surface area contributed by atoms with Gasteiger partial charge in [0.1, 0.15) is 0 Å². The number of primary amides is 1. The molecule has 0 heterocycles. The van der Waals surface area contributed by atoms with Gasteiger partial charge in [0.25, 0.3) is 0 Å². The van der Waals surface area contributed by atoms with Crippen LogP contribution < -0.4 is 21.9 Å². The number of amides is 4. The Balaban J connectivity index is 3.35. The van der Waals surface area contributed by atoms with Gasteiger partial charge in [-0.2, -0.15) is 5.26 Å². The molecule has 0 aliphatic rings. The van der Waals surface area contributed by atoms with E-state index < -0.39 is 12.1 Å². The molecule has 0 radical (unpaired) electrons. The van der Waals surface area contributed by atoms with Gasteiger partial charge < -0.3 is 11.1 Å². The van der Waals surface area contributed by atoms with Gasteiger partial charge in [0.15, 0.2) is 0 Å². The number of nitriles is 1. The average molecular weight is 171 g/mol. The third-order valence-corrected chi connectivity index (χ3v) is 0.822. The summed E-state index contributed by atoms with van der Waals surface area (Å²) in [7, 11) is 0. The molecule has 7 heteroatoms. The average Bonchev–Trinajstić information content (AvgIpc) is 2.01. The lowest BCUT2D eigenvalue weighted by molar-refractivity contribution is 0.228. The van der Waals surface area contributed by atoms with Crippen molar-refractivity contribution in [3.63, 3.8) is 0 Å². The molecule has 0 saturated heterocycles. The maximum atomic E-state index is 10.6. The highest BCUT2D eigenvalue weighted by molar-refractivity contribution is 5.78. The fourth-order valence-electron chi connectivity index (χ4n) is 0.394. The van der Waals surface area contributed by atoms with E-state index in [-0.39, 0.29) is 13.0 Å². The van der Waals surface area contributed by atoms with Crippen molar-refractivity contribution in [3.8, 4) is 6.07 Å². The van der Waals surface area contributed by atoms with Gasteiger partial charge in [0.05, 0.1) is 12.5 Å². The monoisotopic (exact) mass is 171 g/mol. The molecule has 0 aromatic rings. The molecule has 0 aromatic carbocycles. The first kappa shape index (κ1) is 10.0. The second-order valence-electron chi connectivity index (χ2n) is 1.78. The highest BCUT2D eigenvalue weighted by Crippen LogP contribution is 1.69. The Labute approximate surface area is 68.9 Å². The Morgan fingerprint density at radius 2 is 2.08 bits per heavy atom. The zero-order valence-corrected chi connectivity index (χ0v) is 6.26. The Bertz CT molecular complexity index is 208. The van der Waals surface area contributed by atoms with Crippen LogP contribution in [0.5, 0.6) is 0 Å². The minimum absolute atomic E-state index is 0.212. The van der Waals surface area contributed by atoms with Crippen LogP contribution in [0.3, 0.4) is 0 Å². The molecule has 0 bridgehead atoms. The summed E-state index contributed by atoms with van der Waals surface area (Å²) in [4.78, 5) is 20.7. The standard InChI is InChI=1S/C5H9N5O2/c6-2-1-3-8-5(12)10-9-4(7)11/h1,3H2,(H3,7,9,11)(H2,8,10,12). The van der Waals surface area contributed by atoms with Crippen molar-refractivity contribution in [2.75, 3.05) is 6.54 Å². The van der Waals surface area contributed by atoms with E-state index in [2.05, 4.69) is 11.1 Å². The normalized spacial score (nSPS) is 7.92. The van der Waals surface area contributed by atoms with Crippen LogP contribution in [0.4, 0.5) is 9.59 Å². The van der Waals surface area contributed by atoms with Gasteiger partial charge in [-0.3, -0.25) is 0 Å². The summed E-state index contributed by atoms with van der Waals surface area (Å²) in [6.45, 7) is 0.225. The number of hydrazine groups is 1. The van der Waals surface area contributed by atoms with Gasteiger partial charge in [-0.1, -0.05) is 0 Å². The van der Waals surface area contributed by atoms with Crippen molar-refractivity contribution in [2.45, 2.75) is 6.42 Å². The lowest BCUT2D eigenvalue weighted by atomic mass is 10.5. The van der Waals surface area contributed by atoms with Crippen LogP contribution in [0, 0.1) is 11.3 Å². The van der Waals surface area contributed by atoms with Gasteiger partial charge >= 0.3 is 12.1 Å². The number of rotatable bonds is 2. The van der Waals surface area contributed by atoms with Crippen LogP contribution >= 0.6 is 0 Å². The molecule has 5 N–H and O–H groups in total. The quantitative estimate of drug-likeness (QED) is 0.308. The SMILES string of the molecule is N#CCCNC(=O)NNC(N)=O. The second kappa shape index (κ2) is 5.79. The predicted molar refractivity (Wildman–Crippen MR) is 39.5 cm³/mol. The van der Waals surface area contributed by atoms with E-state index in [1.165, 1.54) is 0 Å². The van der Waals surface area contributed by atoms with Crippen molar-refractivity contribution in [2.24, 2.45) is 5.73 Å². The highest BCUT2D eigenvalue weighted by atomic mass is 16.2. The molecule has 0 spiro atoms. The Hall–Kier alpha value is -1.97. The predicted octanol–water partition coefficient (Wildman–Crippen LogP) is -1.22. The molecule has 0 aromatic heterocycles. The summed E-state index contributed by atoms with van der Waals surface area (Å²) in [6, 6.07) is 0.370. The lowest BCUT2D eigenvalue weighted by Crippen LogP contribution is -2.49. The zero-order chi connectivity index (χ0) is 9.40. The van der Waals surface area contributed by atoms with Crippen molar-refractivity contribution in [3.05, 3.63) is 0 Å². The Kier molecular flexibility index (Phi) is 4.84. The molecular weight excluding hydrogens is 162 g/mol. The third-order valence-electron chi connectivity index (χ3n) is 0.822. The molecule has 66 valence electrons. The highest BCUT2D eigenvalue weighted by Gasteiger charge is 1.97. The fourth-order valence-corrected chi connectivity index (χ4v) is 0.394. The number of nitrogens with one attached hydrogen (secondary N) is 3. The van der Waals surface area contributed by atoms with Crippen molar-refractivity contribution in [1.82, 2.24) is 16.2 Å². The maximum absolute atomic E-state index is 10.6. The van der Waals surface area contributed by atoms with E-state index in [1.807, 2.05) is 16.9 Å². The zero-order valence-electron chi connectivity index (χ0n) is 6.26. The third kappa shape index (κ3) is 6.15. The summed E-state index contributed by atoms with van der Waals surface area (Å²) in [5.74, 6) is 0. The number of nitrogens with two attached hydrogens (primary N) is 1. The lowest BCUT2D eigenvalue weighted by Gasteiger charge is -2.04. The van der Waals surface area contributed by atoms with Gasteiger partial charge in [-0.15, -0.1) is 0 Å². The van der Waals surface area contributed by atoms with Crippen molar-refractivity contribution >= 4 is 12.1 Å². The number of urea groups is 2. The molecule has 12 heavy (non-hydrogen) atoms. The Morgan fingerprint density at radius 3 is 2.58 bits per heavy atom. The molecule has 0 unspecified atom stereocenters. The second-order valence-corrected chi connectivity index (χ2v) is 1.78. The van der Waals surface area contributed by atoms with E-state index in [1.54, 1.807) is 0 Å². The molecule has 0 aliphatic heterocycles. The van der Waals surface area contributed by atoms with Gasteiger partial charge in [0.2, 0.25) is 0 Å². The largest absolute Gasteiger partial charge is 0.350 e. The fraction of sp³-hybridized carbons (Fsp3) is 0.400. The van der Waals surface area contributed by atoms with E-state index in [0.29, 0.717) is 0 Å². The van der Waals surface area contributed by atoms with Gasteiger partial charge in [0, 0.05) is 6.54 Å². The maximum Gasteiger partial charge on any atom is 0.333 e. The Morgan fingerprint density at radius 1 is 1.42 bits per heavy atom. The van der Waals surface area contributed by atoms with Gasteiger partial charge in [-0.25, -0.2) is 20.4 Å². The number of nitrogens with zero attached hydrogens (tertiary/aromatic N) is 1. The molecule has 0 rings (SSSR count). The number of hydrogen-bond donors (Lipinski definition) is 4. The smallest absolute Gasteiger partial charge is 0.333 e. The van der Waals surface area contributed by atoms with E-state index in [9.17, 15) is 9.59 Å². The molecule has 0 aliphatic carbocycles. The summed E-state index contributed by atoms with van der Waals surface area (Å²) >= 11 is 0. The number of hydrogen-bond acceptors (Lipinski definition) is 3. The van der Waals surface area contributed by atoms with E-state index >= 15 is 0 Å². The van der Waals surface area contributed by atoms with Gasteiger partial charge in [-0.05, 0) is 0 Å². The van der Waals surface area contributed by atoms with Crippen LogP contribution in [0.2, 0.25) is 0 Å². The van der Waals surface area contributed by atoms with Crippen LogP contribution in [0.25, 0.3) is 0 Å². The molecule has 0 fully saturated rings. The number of carbonyl (C=O) groups is 2. The summed E-state index contributed by atoms with van der Waals surface area (Å²) in [5.41, 5.74) is 8.47. The van der Waals surface area contributed by atoms with Crippen LogP contribution in [0.1, 0.15) is 6.42 Å². The van der Waals surface area contributed by atoms with Crippen LogP contribution in [0.15, 0.2) is 0 Å².